The van der Waals surface area contributed by atoms with Gasteiger partial charge in [-0.25, -0.2) is 0 Å². The van der Waals surface area contributed by atoms with Gasteiger partial charge in [-0.1, -0.05) is 37.5 Å². The molecule has 2 aliphatic heterocycles. The molecule has 1 saturated carbocycles. The minimum Gasteiger partial charge on any atom is -0.336 e. The van der Waals surface area contributed by atoms with Crippen LogP contribution < -0.4 is 4.90 Å². The summed E-state index contributed by atoms with van der Waals surface area (Å²) in [5.41, 5.74) is 0.830. The predicted octanol–water partition coefficient (Wildman–Crippen LogP) is 2.04. The first-order valence-corrected chi connectivity index (χ1v) is 10.1. The van der Waals surface area contributed by atoms with Crippen molar-refractivity contribution in [2.24, 2.45) is 5.92 Å². The number of hydrogen-bond acceptors (Lipinski definition) is 3. The number of nitrogens with zero attached hydrogens (tertiary/aromatic N) is 3. The summed E-state index contributed by atoms with van der Waals surface area (Å²) in [5, 5.41) is 0. The molecule has 3 aliphatic rings. The maximum Gasteiger partial charge on any atom is 0.242 e. The fourth-order valence-corrected chi connectivity index (χ4v) is 4.65. The number of carbonyl (C=O) groups is 3. The first-order chi connectivity index (χ1) is 13.1. The van der Waals surface area contributed by atoms with Crippen LogP contribution >= 0.6 is 0 Å². The van der Waals surface area contributed by atoms with Gasteiger partial charge in [0, 0.05) is 31.4 Å². The van der Waals surface area contributed by atoms with Crippen LogP contribution in [0, 0.1) is 5.92 Å². The van der Waals surface area contributed by atoms with E-state index in [1.165, 1.54) is 19.3 Å². The average molecular weight is 369 g/mol. The molecule has 1 aliphatic carbocycles. The lowest BCUT2D eigenvalue weighted by Gasteiger charge is -2.41. The van der Waals surface area contributed by atoms with Crippen molar-refractivity contribution in [3.63, 3.8) is 0 Å². The molecule has 3 amide bonds. The standard InChI is InChI=1S/C21H27N3O3/c25-19-15-22(13-14-23(19)16-7-3-1-4-8-16)20(26)18-11-12-24(21(18)27)17-9-5-2-6-10-17/h2,5-6,9-10,16,18H,1,3-4,7-8,11-15H2/t18-/m0/s1. The molecular weight excluding hydrogens is 342 g/mol. The van der Waals surface area contributed by atoms with Gasteiger partial charge in [0.1, 0.15) is 5.92 Å². The summed E-state index contributed by atoms with van der Waals surface area (Å²) in [6.07, 6.45) is 6.29. The zero-order chi connectivity index (χ0) is 18.8. The van der Waals surface area contributed by atoms with Crippen LogP contribution in [0.1, 0.15) is 38.5 Å². The lowest BCUT2D eigenvalue weighted by Crippen LogP contribution is -2.57. The predicted molar refractivity (Wildman–Crippen MR) is 102 cm³/mol. The summed E-state index contributed by atoms with van der Waals surface area (Å²) in [6, 6.07) is 9.80. The number of benzene rings is 1. The Morgan fingerprint density at radius 2 is 1.63 bits per heavy atom. The van der Waals surface area contributed by atoms with Crippen LogP contribution in [0.15, 0.2) is 30.3 Å². The summed E-state index contributed by atoms with van der Waals surface area (Å²) >= 11 is 0. The SMILES string of the molecule is O=C([C@@H]1CCN(c2ccccc2)C1=O)N1CCN(C2CCCCC2)C(=O)C1. The van der Waals surface area contributed by atoms with Gasteiger partial charge in [0.05, 0.1) is 6.54 Å². The largest absolute Gasteiger partial charge is 0.336 e. The Kier molecular flexibility index (Phi) is 5.14. The number of amides is 3. The highest BCUT2D eigenvalue weighted by Gasteiger charge is 2.42. The van der Waals surface area contributed by atoms with E-state index in [1.807, 2.05) is 35.2 Å². The third-order valence-electron chi connectivity index (χ3n) is 6.16. The molecule has 144 valence electrons. The van der Waals surface area contributed by atoms with Crippen molar-refractivity contribution in [3.05, 3.63) is 30.3 Å². The average Bonchev–Trinajstić information content (AvgIpc) is 3.10. The highest BCUT2D eigenvalue weighted by atomic mass is 16.2. The molecule has 1 aromatic carbocycles. The topological polar surface area (TPSA) is 60.9 Å². The summed E-state index contributed by atoms with van der Waals surface area (Å²) in [5.74, 6) is -0.950. The van der Waals surface area contributed by atoms with Gasteiger partial charge in [-0.3, -0.25) is 14.4 Å². The highest BCUT2D eigenvalue weighted by Crippen LogP contribution is 2.28. The Morgan fingerprint density at radius 1 is 0.889 bits per heavy atom. The first-order valence-electron chi connectivity index (χ1n) is 10.1. The third kappa shape index (κ3) is 3.57. The lowest BCUT2D eigenvalue weighted by atomic mass is 9.93. The van der Waals surface area contributed by atoms with Crippen LogP contribution in [-0.4, -0.2) is 59.7 Å². The van der Waals surface area contributed by atoms with Crippen LogP contribution in [0.25, 0.3) is 0 Å². The van der Waals surface area contributed by atoms with E-state index >= 15 is 0 Å². The summed E-state index contributed by atoms with van der Waals surface area (Å²) in [6.45, 7) is 1.80. The molecule has 0 unspecified atom stereocenters. The van der Waals surface area contributed by atoms with E-state index in [4.69, 9.17) is 0 Å². The van der Waals surface area contributed by atoms with Crippen LogP contribution in [0.3, 0.4) is 0 Å². The maximum absolute atomic E-state index is 12.9. The number of rotatable bonds is 3. The molecule has 0 spiro atoms. The van der Waals surface area contributed by atoms with Crippen LogP contribution in [0.2, 0.25) is 0 Å². The van der Waals surface area contributed by atoms with Crippen molar-refractivity contribution in [1.29, 1.82) is 0 Å². The van der Waals surface area contributed by atoms with Crippen molar-refractivity contribution < 1.29 is 14.4 Å². The van der Waals surface area contributed by atoms with E-state index in [1.54, 1.807) is 9.80 Å². The Balaban J connectivity index is 1.38. The van der Waals surface area contributed by atoms with E-state index in [0.717, 1.165) is 18.5 Å². The van der Waals surface area contributed by atoms with E-state index in [0.29, 0.717) is 32.1 Å². The number of anilines is 1. The van der Waals surface area contributed by atoms with E-state index < -0.39 is 5.92 Å². The van der Waals surface area contributed by atoms with E-state index in [-0.39, 0.29) is 24.3 Å². The smallest absolute Gasteiger partial charge is 0.242 e. The van der Waals surface area contributed by atoms with E-state index in [9.17, 15) is 14.4 Å². The van der Waals surface area contributed by atoms with Gasteiger partial charge in [0.2, 0.25) is 17.7 Å². The molecule has 2 heterocycles. The lowest BCUT2D eigenvalue weighted by molar-refractivity contribution is -0.151. The van der Waals surface area contributed by atoms with Gasteiger partial charge < -0.3 is 14.7 Å². The Morgan fingerprint density at radius 3 is 2.33 bits per heavy atom. The minimum absolute atomic E-state index is 0.0341. The van der Waals surface area contributed by atoms with Crippen molar-refractivity contribution in [2.45, 2.75) is 44.6 Å². The van der Waals surface area contributed by atoms with Gasteiger partial charge in [-0.15, -0.1) is 0 Å². The molecule has 1 atom stereocenters. The molecule has 6 nitrogen and oxygen atoms in total. The van der Waals surface area contributed by atoms with Gasteiger partial charge in [0.15, 0.2) is 0 Å². The van der Waals surface area contributed by atoms with E-state index in [2.05, 4.69) is 0 Å². The molecule has 0 bridgehead atoms. The number of para-hydroxylation sites is 1. The highest BCUT2D eigenvalue weighted by molar-refractivity contribution is 6.10. The second-order valence-electron chi connectivity index (χ2n) is 7.81. The van der Waals surface area contributed by atoms with Crippen molar-refractivity contribution >= 4 is 23.4 Å². The van der Waals surface area contributed by atoms with Gasteiger partial charge in [0.25, 0.3) is 0 Å². The quantitative estimate of drug-likeness (QED) is 0.766. The molecule has 2 saturated heterocycles. The number of piperazine rings is 1. The fraction of sp³-hybridized carbons (Fsp3) is 0.571. The second-order valence-corrected chi connectivity index (χ2v) is 7.81. The maximum atomic E-state index is 12.9. The fourth-order valence-electron chi connectivity index (χ4n) is 4.65. The molecular formula is C21H27N3O3. The van der Waals surface area contributed by atoms with Gasteiger partial charge >= 0.3 is 0 Å². The zero-order valence-electron chi connectivity index (χ0n) is 15.7. The second kappa shape index (κ2) is 7.71. The summed E-state index contributed by atoms with van der Waals surface area (Å²) in [4.78, 5) is 43.6. The molecule has 27 heavy (non-hydrogen) atoms. The number of carbonyl (C=O) groups excluding carboxylic acids is 3. The van der Waals surface area contributed by atoms with Crippen molar-refractivity contribution in [2.75, 3.05) is 31.1 Å². The molecule has 3 fully saturated rings. The molecule has 0 N–H and O–H groups in total. The van der Waals surface area contributed by atoms with Crippen molar-refractivity contribution in [3.8, 4) is 0 Å². The Hall–Kier alpha value is -2.37. The first kappa shape index (κ1) is 18.0. The zero-order valence-corrected chi connectivity index (χ0v) is 15.7. The number of hydrogen-bond donors (Lipinski definition) is 0. The van der Waals surface area contributed by atoms with Crippen molar-refractivity contribution in [1.82, 2.24) is 9.80 Å². The van der Waals surface area contributed by atoms with Gasteiger partial charge in [-0.2, -0.15) is 0 Å². The van der Waals surface area contributed by atoms with Gasteiger partial charge in [-0.05, 0) is 31.4 Å². The normalized spacial score (nSPS) is 24.6. The Labute approximate surface area is 160 Å². The minimum atomic E-state index is -0.653. The molecule has 4 rings (SSSR count). The molecule has 0 aromatic heterocycles. The Bertz CT molecular complexity index is 715. The monoisotopic (exact) mass is 369 g/mol. The van der Waals surface area contributed by atoms with Crippen LogP contribution in [0.5, 0.6) is 0 Å². The molecule has 0 radical (unpaired) electrons. The summed E-state index contributed by atoms with van der Waals surface area (Å²) in [7, 11) is 0. The van der Waals surface area contributed by atoms with Crippen LogP contribution in [-0.2, 0) is 14.4 Å². The molecule has 1 aromatic rings. The summed E-state index contributed by atoms with van der Waals surface area (Å²) < 4.78 is 0. The molecule has 6 heteroatoms. The van der Waals surface area contributed by atoms with Crippen LogP contribution in [0.4, 0.5) is 5.69 Å². The third-order valence-corrected chi connectivity index (χ3v) is 6.16.